The topological polar surface area (TPSA) is 78.1 Å². The van der Waals surface area contributed by atoms with Crippen LogP contribution in [-0.2, 0) is 4.79 Å². The van der Waals surface area contributed by atoms with Crippen molar-refractivity contribution in [3.8, 4) is 16.3 Å². The summed E-state index contributed by atoms with van der Waals surface area (Å²) in [6.45, 7) is 3.24. The predicted molar refractivity (Wildman–Crippen MR) is 65.8 cm³/mol. The molecule has 0 aliphatic carbocycles. The number of aromatic nitrogens is 2. The summed E-state index contributed by atoms with van der Waals surface area (Å²) in [5.41, 5.74) is 7.25. The monoisotopic (exact) mass is 249 g/mol. The molecule has 2 aromatic rings. The molecule has 0 aliphatic rings. The molecule has 1 aromatic carbocycles. The first kappa shape index (κ1) is 11.5. The first-order chi connectivity index (χ1) is 8.06. The molecule has 88 valence electrons. The van der Waals surface area contributed by atoms with Crippen LogP contribution in [0.1, 0.15) is 12.5 Å². The number of rotatable bonds is 2. The van der Waals surface area contributed by atoms with Crippen LogP contribution in [0, 0.1) is 6.92 Å². The highest BCUT2D eigenvalue weighted by atomic mass is 32.1. The zero-order valence-corrected chi connectivity index (χ0v) is 10.2. The summed E-state index contributed by atoms with van der Waals surface area (Å²) in [4.78, 5) is 10.9. The van der Waals surface area contributed by atoms with Gasteiger partial charge in [0.05, 0.1) is 0 Å². The van der Waals surface area contributed by atoms with Crippen molar-refractivity contribution >= 4 is 22.4 Å². The van der Waals surface area contributed by atoms with Gasteiger partial charge in [-0.25, -0.2) is 0 Å². The maximum Gasteiger partial charge on any atom is 0.308 e. The molecule has 2 N–H and O–H groups in total. The molecule has 0 saturated carbocycles. The number of hydrogen-bond donors (Lipinski definition) is 1. The summed E-state index contributed by atoms with van der Waals surface area (Å²) in [5.74, 6) is 0.186. The van der Waals surface area contributed by atoms with Gasteiger partial charge in [0.1, 0.15) is 10.8 Å². The number of ether oxygens (including phenoxy) is 1. The third-order valence-electron chi connectivity index (χ3n) is 2.13. The molecular formula is C11H11N3O2S. The summed E-state index contributed by atoms with van der Waals surface area (Å²) in [5, 5.41) is 8.80. The van der Waals surface area contributed by atoms with E-state index >= 15 is 0 Å². The Kier molecular flexibility index (Phi) is 3.06. The minimum Gasteiger partial charge on any atom is -0.426 e. The van der Waals surface area contributed by atoms with Crippen LogP contribution < -0.4 is 10.5 Å². The molecule has 0 bridgehead atoms. The molecule has 2 rings (SSSR count). The first-order valence-electron chi connectivity index (χ1n) is 4.94. The van der Waals surface area contributed by atoms with Gasteiger partial charge in [-0.05, 0) is 18.6 Å². The Balaban J connectivity index is 2.40. The van der Waals surface area contributed by atoms with Crippen LogP contribution in [0.25, 0.3) is 10.6 Å². The molecule has 6 heteroatoms. The number of aryl methyl sites for hydroxylation is 1. The molecule has 17 heavy (non-hydrogen) atoms. The van der Waals surface area contributed by atoms with Crippen LogP contribution in [-0.4, -0.2) is 16.2 Å². The summed E-state index contributed by atoms with van der Waals surface area (Å²) in [6.07, 6.45) is 0. The van der Waals surface area contributed by atoms with Crippen molar-refractivity contribution in [1.29, 1.82) is 0 Å². The third-order valence-corrected chi connectivity index (χ3v) is 2.93. The Morgan fingerprint density at radius 3 is 2.76 bits per heavy atom. The average Bonchev–Trinajstić information content (AvgIpc) is 2.67. The molecule has 0 aliphatic heterocycles. The molecule has 1 heterocycles. The van der Waals surface area contributed by atoms with Gasteiger partial charge >= 0.3 is 5.97 Å². The fraction of sp³-hybridized carbons (Fsp3) is 0.182. The highest BCUT2D eigenvalue weighted by molar-refractivity contribution is 7.18. The van der Waals surface area contributed by atoms with Gasteiger partial charge in [0.15, 0.2) is 0 Å². The molecular weight excluding hydrogens is 238 g/mol. The van der Waals surface area contributed by atoms with Gasteiger partial charge < -0.3 is 10.5 Å². The Morgan fingerprint density at radius 2 is 2.18 bits per heavy atom. The lowest BCUT2D eigenvalue weighted by atomic mass is 10.1. The number of nitrogen functional groups attached to an aromatic ring is 1. The largest absolute Gasteiger partial charge is 0.426 e. The van der Waals surface area contributed by atoms with Crippen LogP contribution in [0.3, 0.4) is 0 Å². The molecule has 1 aromatic heterocycles. The third kappa shape index (κ3) is 2.59. The number of nitrogens with zero attached hydrogens (tertiary/aromatic N) is 2. The maximum atomic E-state index is 10.9. The minimum absolute atomic E-state index is 0.345. The van der Waals surface area contributed by atoms with E-state index in [4.69, 9.17) is 10.5 Å². The number of hydrogen-bond acceptors (Lipinski definition) is 6. The van der Waals surface area contributed by atoms with E-state index in [0.717, 1.165) is 11.1 Å². The number of nitrogens with two attached hydrogens (primary N) is 1. The van der Waals surface area contributed by atoms with E-state index in [9.17, 15) is 4.79 Å². The highest BCUT2D eigenvalue weighted by Crippen LogP contribution is 2.29. The second kappa shape index (κ2) is 4.50. The SMILES string of the molecule is CC(=O)Oc1cc(-c2nnc(N)s2)ccc1C. The van der Waals surface area contributed by atoms with Crippen molar-refractivity contribution in [3.05, 3.63) is 23.8 Å². The lowest BCUT2D eigenvalue weighted by molar-refractivity contribution is -0.131. The molecule has 0 amide bonds. The molecule has 0 fully saturated rings. The van der Waals surface area contributed by atoms with E-state index in [-0.39, 0.29) is 5.97 Å². The molecule has 0 saturated heterocycles. The Hall–Kier alpha value is -1.95. The lowest BCUT2D eigenvalue weighted by Crippen LogP contribution is -2.02. The first-order valence-corrected chi connectivity index (χ1v) is 5.76. The van der Waals surface area contributed by atoms with Crippen LogP contribution >= 0.6 is 11.3 Å². The summed E-state index contributed by atoms with van der Waals surface area (Å²) in [6, 6.07) is 5.52. The highest BCUT2D eigenvalue weighted by Gasteiger charge is 2.09. The van der Waals surface area contributed by atoms with Gasteiger partial charge in [0.25, 0.3) is 0 Å². The van der Waals surface area contributed by atoms with Crippen LogP contribution in [0.2, 0.25) is 0 Å². The zero-order chi connectivity index (χ0) is 12.4. The second-order valence-corrected chi connectivity index (χ2v) is 4.53. The fourth-order valence-corrected chi connectivity index (χ4v) is 1.96. The fourth-order valence-electron chi connectivity index (χ4n) is 1.35. The number of anilines is 1. The Labute approximate surface area is 102 Å². The van der Waals surface area contributed by atoms with Gasteiger partial charge in [-0.3, -0.25) is 4.79 Å². The number of carbonyl (C=O) groups excluding carboxylic acids is 1. The van der Waals surface area contributed by atoms with E-state index < -0.39 is 0 Å². The predicted octanol–water partition coefficient (Wildman–Crippen LogP) is 2.02. The Morgan fingerprint density at radius 1 is 1.41 bits per heavy atom. The molecule has 0 atom stereocenters. The summed E-state index contributed by atoms with van der Waals surface area (Å²) >= 11 is 1.29. The van der Waals surface area contributed by atoms with Crippen molar-refractivity contribution in [1.82, 2.24) is 10.2 Å². The van der Waals surface area contributed by atoms with E-state index in [1.165, 1.54) is 18.3 Å². The second-order valence-electron chi connectivity index (χ2n) is 3.52. The van der Waals surface area contributed by atoms with Crippen LogP contribution in [0.4, 0.5) is 5.13 Å². The maximum absolute atomic E-state index is 10.9. The molecule has 0 unspecified atom stereocenters. The summed E-state index contributed by atoms with van der Waals surface area (Å²) < 4.78 is 5.10. The minimum atomic E-state index is -0.345. The van der Waals surface area contributed by atoms with E-state index in [0.29, 0.717) is 15.9 Å². The lowest BCUT2D eigenvalue weighted by Gasteiger charge is -2.06. The molecule has 0 radical (unpaired) electrons. The van der Waals surface area contributed by atoms with Gasteiger partial charge in [0, 0.05) is 12.5 Å². The number of benzene rings is 1. The standard InChI is InChI=1S/C11H11N3O2S/c1-6-3-4-8(5-9(6)16-7(2)15)10-13-14-11(12)17-10/h3-5H,1-2H3,(H2,12,14). The summed E-state index contributed by atoms with van der Waals surface area (Å²) in [7, 11) is 0. The number of esters is 1. The zero-order valence-electron chi connectivity index (χ0n) is 9.43. The van der Waals surface area contributed by atoms with Crippen molar-refractivity contribution in [2.24, 2.45) is 0 Å². The van der Waals surface area contributed by atoms with Crippen molar-refractivity contribution < 1.29 is 9.53 Å². The quantitative estimate of drug-likeness (QED) is 0.650. The van der Waals surface area contributed by atoms with Gasteiger partial charge in [-0.2, -0.15) is 0 Å². The van der Waals surface area contributed by atoms with Gasteiger partial charge in [-0.1, -0.05) is 23.5 Å². The van der Waals surface area contributed by atoms with Crippen LogP contribution in [0.15, 0.2) is 18.2 Å². The number of carbonyl (C=O) groups is 1. The van der Waals surface area contributed by atoms with E-state index in [2.05, 4.69) is 10.2 Å². The van der Waals surface area contributed by atoms with Gasteiger partial charge in [-0.15, -0.1) is 10.2 Å². The van der Waals surface area contributed by atoms with Crippen molar-refractivity contribution in [3.63, 3.8) is 0 Å². The van der Waals surface area contributed by atoms with E-state index in [1.54, 1.807) is 6.07 Å². The van der Waals surface area contributed by atoms with E-state index in [1.807, 2.05) is 19.1 Å². The Bertz CT molecular complexity index is 566. The van der Waals surface area contributed by atoms with Crippen molar-refractivity contribution in [2.45, 2.75) is 13.8 Å². The van der Waals surface area contributed by atoms with Gasteiger partial charge in [0.2, 0.25) is 5.13 Å². The molecule has 5 nitrogen and oxygen atoms in total. The normalized spacial score (nSPS) is 10.2. The van der Waals surface area contributed by atoms with Crippen LogP contribution in [0.5, 0.6) is 5.75 Å². The molecule has 0 spiro atoms. The average molecular weight is 249 g/mol. The smallest absolute Gasteiger partial charge is 0.308 e. The van der Waals surface area contributed by atoms with Crippen molar-refractivity contribution in [2.75, 3.05) is 5.73 Å².